The van der Waals surface area contributed by atoms with Gasteiger partial charge < -0.3 is 15.1 Å². The lowest BCUT2D eigenvalue weighted by Gasteiger charge is -2.35. The Morgan fingerprint density at radius 3 is 2.52 bits per heavy atom. The molecule has 1 aromatic carbocycles. The number of amides is 1. The van der Waals surface area contributed by atoms with Crippen molar-refractivity contribution >= 4 is 27.7 Å². The Morgan fingerprint density at radius 1 is 1.24 bits per heavy atom. The molecule has 1 amide bonds. The van der Waals surface area contributed by atoms with Crippen LogP contribution in [0.4, 0.5) is 19.0 Å². The van der Waals surface area contributed by atoms with Gasteiger partial charge in [0, 0.05) is 10.9 Å². The summed E-state index contributed by atoms with van der Waals surface area (Å²) in [6.45, 7) is 2.78. The second-order valence-corrected chi connectivity index (χ2v) is 8.56. The molecule has 2 aliphatic heterocycles. The second-order valence-electron chi connectivity index (χ2n) is 7.64. The molecule has 1 fully saturated rings. The van der Waals surface area contributed by atoms with Gasteiger partial charge in [0.1, 0.15) is 11.4 Å². The molecule has 3 heterocycles. The predicted octanol–water partition coefficient (Wildman–Crippen LogP) is 2.28. The van der Waals surface area contributed by atoms with Gasteiger partial charge in [-0.3, -0.25) is 4.79 Å². The van der Waals surface area contributed by atoms with Gasteiger partial charge in [-0.15, -0.1) is 0 Å². The van der Waals surface area contributed by atoms with Gasteiger partial charge in [0.15, 0.2) is 6.04 Å². The molecule has 2 aromatic rings. The molecule has 0 aliphatic carbocycles. The summed E-state index contributed by atoms with van der Waals surface area (Å²) < 4.78 is 43.1. The van der Waals surface area contributed by atoms with E-state index in [0.717, 1.165) is 27.8 Å². The third-order valence-corrected chi connectivity index (χ3v) is 6.17. The summed E-state index contributed by atoms with van der Waals surface area (Å²) >= 11 is 3.35. The maximum atomic E-state index is 13.8. The van der Waals surface area contributed by atoms with E-state index in [-0.39, 0.29) is 23.7 Å². The molecule has 2 aliphatic rings. The lowest BCUT2D eigenvalue weighted by Crippen LogP contribution is -3.12. The Hall–Kier alpha value is -2.07. The number of aromatic nitrogens is 2. The van der Waals surface area contributed by atoms with Crippen molar-refractivity contribution in [1.82, 2.24) is 14.7 Å². The van der Waals surface area contributed by atoms with Crippen LogP contribution in [0.2, 0.25) is 0 Å². The van der Waals surface area contributed by atoms with Gasteiger partial charge in [-0.2, -0.15) is 18.3 Å². The van der Waals surface area contributed by atoms with Gasteiger partial charge in [0.05, 0.1) is 45.5 Å². The van der Waals surface area contributed by atoms with Crippen molar-refractivity contribution in [1.29, 1.82) is 0 Å². The van der Waals surface area contributed by atoms with Crippen LogP contribution in [0.25, 0.3) is 0 Å². The van der Waals surface area contributed by atoms with Crippen molar-refractivity contribution in [3.05, 3.63) is 46.1 Å². The summed E-state index contributed by atoms with van der Waals surface area (Å²) in [7, 11) is 2.06. The number of halogens is 4. The number of piperazine rings is 1. The van der Waals surface area contributed by atoms with Crippen LogP contribution in [-0.2, 0) is 0 Å². The van der Waals surface area contributed by atoms with E-state index >= 15 is 0 Å². The maximum absolute atomic E-state index is 13.8. The fraction of sp³-hybridized carbons (Fsp3) is 0.474. The third kappa shape index (κ3) is 4.00. The van der Waals surface area contributed by atoms with E-state index in [9.17, 15) is 18.0 Å². The average Bonchev–Trinajstić information content (AvgIpc) is 3.11. The number of anilines is 1. The minimum atomic E-state index is -4.46. The van der Waals surface area contributed by atoms with Crippen LogP contribution in [0.5, 0.6) is 0 Å². The number of rotatable bonds is 2. The molecule has 0 saturated carbocycles. The Kier molecular flexibility index (Phi) is 5.32. The Bertz CT molecular complexity index is 890. The van der Waals surface area contributed by atoms with Crippen LogP contribution in [0.3, 0.4) is 0 Å². The number of likely N-dealkylation sites (N-methyl/N-ethyl adjacent to an activating group) is 1. The topological polar surface area (TPSA) is 54.6 Å². The average molecular weight is 473 g/mol. The lowest BCUT2D eigenvalue weighted by molar-refractivity contribution is -0.883. The summed E-state index contributed by atoms with van der Waals surface area (Å²) in [6, 6.07) is 4.81. The highest BCUT2D eigenvalue weighted by atomic mass is 79.9. The fourth-order valence-electron chi connectivity index (χ4n) is 3.89. The van der Waals surface area contributed by atoms with E-state index < -0.39 is 18.3 Å². The number of carbonyl (C=O) groups is 1. The number of benzene rings is 1. The monoisotopic (exact) mass is 472 g/mol. The first-order valence-electron chi connectivity index (χ1n) is 9.51. The molecule has 6 nitrogen and oxygen atoms in total. The summed E-state index contributed by atoms with van der Waals surface area (Å²) in [5.74, 6) is -0.133. The van der Waals surface area contributed by atoms with Gasteiger partial charge in [0.2, 0.25) is 0 Å². The van der Waals surface area contributed by atoms with E-state index in [4.69, 9.17) is 0 Å². The SMILES string of the molecule is C[NH+]1CCN(C(=O)c2cnn3c2NC(c2ccc(Br)cc2)CC3C(F)(F)F)CC1. The highest BCUT2D eigenvalue weighted by Gasteiger charge is 2.47. The van der Waals surface area contributed by atoms with Gasteiger partial charge in [0.25, 0.3) is 5.91 Å². The highest BCUT2D eigenvalue weighted by molar-refractivity contribution is 9.10. The van der Waals surface area contributed by atoms with E-state index in [0.29, 0.717) is 13.1 Å². The van der Waals surface area contributed by atoms with E-state index in [2.05, 4.69) is 33.4 Å². The number of hydrogen-bond acceptors (Lipinski definition) is 3. The minimum Gasteiger partial charge on any atom is -0.363 e. The van der Waals surface area contributed by atoms with Crippen molar-refractivity contribution in [2.45, 2.75) is 24.7 Å². The zero-order chi connectivity index (χ0) is 20.8. The van der Waals surface area contributed by atoms with Crippen molar-refractivity contribution in [2.75, 3.05) is 38.5 Å². The van der Waals surface area contributed by atoms with Crippen LogP contribution in [-0.4, -0.2) is 60.0 Å². The van der Waals surface area contributed by atoms with Crippen LogP contribution < -0.4 is 10.2 Å². The van der Waals surface area contributed by atoms with Crippen LogP contribution >= 0.6 is 15.9 Å². The Balaban J connectivity index is 1.68. The van der Waals surface area contributed by atoms with Crippen molar-refractivity contribution < 1.29 is 22.9 Å². The molecule has 4 rings (SSSR count). The molecular formula is C19H22BrF3N5O+. The standard InChI is InChI=1S/C19H21BrF3N5O/c1-26-6-8-27(9-7-26)18(29)14-11-24-28-16(19(21,22)23)10-15(25-17(14)28)12-2-4-13(20)5-3-12/h2-5,11,15-16,25H,6-10H2,1H3/p+1. The molecule has 10 heteroatoms. The molecule has 2 N–H and O–H groups in total. The molecule has 2 unspecified atom stereocenters. The number of quaternary nitrogens is 1. The fourth-order valence-corrected chi connectivity index (χ4v) is 4.16. The number of fused-ring (bicyclic) bond motifs is 1. The molecule has 2 atom stereocenters. The van der Waals surface area contributed by atoms with Gasteiger partial charge >= 0.3 is 6.18 Å². The molecule has 0 spiro atoms. The molecule has 0 bridgehead atoms. The largest absolute Gasteiger partial charge is 0.410 e. The van der Waals surface area contributed by atoms with Crippen LogP contribution in [0.1, 0.15) is 34.4 Å². The molecular weight excluding hydrogens is 451 g/mol. The van der Waals surface area contributed by atoms with Gasteiger partial charge in [-0.25, -0.2) is 4.68 Å². The Morgan fingerprint density at radius 2 is 1.90 bits per heavy atom. The van der Waals surface area contributed by atoms with Crippen LogP contribution in [0.15, 0.2) is 34.9 Å². The van der Waals surface area contributed by atoms with Crippen molar-refractivity contribution in [3.8, 4) is 0 Å². The summed E-state index contributed by atoms with van der Waals surface area (Å²) in [6.07, 6.45) is -3.39. The summed E-state index contributed by atoms with van der Waals surface area (Å²) in [4.78, 5) is 16.0. The van der Waals surface area contributed by atoms with Crippen LogP contribution in [0, 0.1) is 0 Å². The number of nitrogens with zero attached hydrogens (tertiary/aromatic N) is 3. The normalized spacial score (nSPS) is 22.9. The van der Waals surface area contributed by atoms with Crippen molar-refractivity contribution in [3.63, 3.8) is 0 Å². The smallest absolute Gasteiger partial charge is 0.363 e. The first-order chi connectivity index (χ1) is 13.7. The number of alkyl halides is 3. The zero-order valence-electron chi connectivity index (χ0n) is 15.8. The number of hydrogen-bond donors (Lipinski definition) is 2. The molecule has 156 valence electrons. The van der Waals surface area contributed by atoms with Gasteiger partial charge in [-0.1, -0.05) is 28.1 Å². The second kappa shape index (κ2) is 7.64. The van der Waals surface area contributed by atoms with Gasteiger partial charge in [-0.05, 0) is 17.7 Å². The summed E-state index contributed by atoms with van der Waals surface area (Å²) in [5, 5.41) is 7.10. The predicted molar refractivity (Wildman–Crippen MR) is 105 cm³/mol. The summed E-state index contributed by atoms with van der Waals surface area (Å²) in [5.41, 5.74) is 0.928. The molecule has 29 heavy (non-hydrogen) atoms. The first-order valence-corrected chi connectivity index (χ1v) is 10.3. The van der Waals surface area contributed by atoms with E-state index in [1.54, 1.807) is 29.2 Å². The van der Waals surface area contributed by atoms with E-state index in [1.807, 2.05) is 0 Å². The first kappa shape index (κ1) is 20.2. The number of nitrogens with one attached hydrogen (secondary N) is 2. The third-order valence-electron chi connectivity index (χ3n) is 5.65. The quantitative estimate of drug-likeness (QED) is 0.704. The molecule has 1 aromatic heterocycles. The van der Waals surface area contributed by atoms with Crippen molar-refractivity contribution in [2.24, 2.45) is 0 Å². The highest BCUT2D eigenvalue weighted by Crippen LogP contribution is 2.44. The maximum Gasteiger partial charge on any atom is 0.410 e. The molecule has 1 saturated heterocycles. The lowest BCUT2D eigenvalue weighted by atomic mass is 9.96. The zero-order valence-corrected chi connectivity index (χ0v) is 17.4. The van der Waals surface area contributed by atoms with E-state index in [1.165, 1.54) is 11.1 Å². The number of carbonyl (C=O) groups excluding carboxylic acids is 1. The Labute approximate surface area is 174 Å². The minimum absolute atomic E-state index is 0.141. The molecule has 0 radical (unpaired) electrons.